The fourth-order valence-electron chi connectivity index (χ4n) is 2.99. The van der Waals surface area contributed by atoms with E-state index in [0.717, 1.165) is 22.4 Å². The predicted molar refractivity (Wildman–Crippen MR) is 90.5 cm³/mol. The number of nitrogens with zero attached hydrogens (tertiary/aromatic N) is 1. The fraction of sp³-hybridized carbons (Fsp3) is 0.263. The van der Waals surface area contributed by atoms with Crippen LogP contribution in [0.25, 0.3) is 0 Å². The number of carbonyl (C=O) groups excluding carboxylic acids is 2. The normalized spacial score (nSPS) is 16.5. The van der Waals surface area contributed by atoms with Crippen LogP contribution in [-0.4, -0.2) is 30.9 Å². The van der Waals surface area contributed by atoms with Gasteiger partial charge in [-0.15, -0.1) is 0 Å². The van der Waals surface area contributed by atoms with Gasteiger partial charge in [-0.2, -0.15) is 0 Å². The van der Waals surface area contributed by atoms with Gasteiger partial charge in [0.05, 0.1) is 13.5 Å². The molecule has 0 saturated heterocycles. The van der Waals surface area contributed by atoms with Crippen LogP contribution in [0.5, 0.6) is 5.75 Å². The minimum absolute atomic E-state index is 0.0461. The van der Waals surface area contributed by atoms with Crippen LogP contribution in [0.1, 0.15) is 22.7 Å². The summed E-state index contributed by atoms with van der Waals surface area (Å²) in [6.07, 6.45) is 0.340. The Bertz CT molecular complexity index is 773. The molecule has 2 amide bonds. The first-order valence-electron chi connectivity index (χ1n) is 7.84. The zero-order valence-electron chi connectivity index (χ0n) is 13.8. The number of hydrogen-bond acceptors (Lipinski definition) is 3. The summed E-state index contributed by atoms with van der Waals surface area (Å²) in [4.78, 5) is 26.4. The van der Waals surface area contributed by atoms with Gasteiger partial charge in [-0.3, -0.25) is 9.59 Å². The summed E-state index contributed by atoms with van der Waals surface area (Å²) in [7, 11) is 3.28. The van der Waals surface area contributed by atoms with Gasteiger partial charge >= 0.3 is 0 Å². The van der Waals surface area contributed by atoms with E-state index < -0.39 is 6.04 Å². The first-order valence-corrected chi connectivity index (χ1v) is 7.84. The molecule has 1 aliphatic rings. The van der Waals surface area contributed by atoms with E-state index in [1.165, 1.54) is 4.90 Å². The Morgan fingerprint density at radius 1 is 1.25 bits per heavy atom. The number of fused-ring (bicyclic) bond motifs is 1. The molecule has 2 aromatic rings. The molecular weight excluding hydrogens is 304 g/mol. The number of benzene rings is 2. The smallest absolute Gasteiger partial charge is 0.247 e. The Labute approximate surface area is 141 Å². The summed E-state index contributed by atoms with van der Waals surface area (Å²) in [6.45, 7) is 0.386. The highest BCUT2D eigenvalue weighted by molar-refractivity contribution is 5.92. The van der Waals surface area contributed by atoms with Gasteiger partial charge in [-0.05, 0) is 28.8 Å². The second-order valence-corrected chi connectivity index (χ2v) is 5.85. The third-order valence-electron chi connectivity index (χ3n) is 4.32. The van der Waals surface area contributed by atoms with Crippen LogP contribution >= 0.6 is 0 Å². The van der Waals surface area contributed by atoms with Crippen molar-refractivity contribution in [1.82, 2.24) is 10.2 Å². The van der Waals surface area contributed by atoms with E-state index in [2.05, 4.69) is 5.32 Å². The summed E-state index contributed by atoms with van der Waals surface area (Å²) in [6, 6.07) is 14.6. The molecule has 24 heavy (non-hydrogen) atoms. The van der Waals surface area contributed by atoms with E-state index in [9.17, 15) is 9.59 Å². The third kappa shape index (κ3) is 3.11. The molecular formula is C19H20N2O3. The molecule has 1 N–H and O–H groups in total. The molecule has 124 valence electrons. The summed E-state index contributed by atoms with van der Waals surface area (Å²) < 4.78 is 5.19. The molecule has 0 fully saturated rings. The van der Waals surface area contributed by atoms with E-state index in [-0.39, 0.29) is 11.8 Å². The summed E-state index contributed by atoms with van der Waals surface area (Å²) >= 11 is 0. The molecule has 1 heterocycles. The van der Waals surface area contributed by atoms with Gasteiger partial charge in [-0.1, -0.05) is 36.4 Å². The van der Waals surface area contributed by atoms with Crippen molar-refractivity contribution in [3.63, 3.8) is 0 Å². The Balaban J connectivity index is 1.77. The zero-order chi connectivity index (χ0) is 17.1. The maximum atomic E-state index is 12.7. The van der Waals surface area contributed by atoms with Gasteiger partial charge in [0.15, 0.2) is 0 Å². The minimum Gasteiger partial charge on any atom is -0.497 e. The summed E-state index contributed by atoms with van der Waals surface area (Å²) in [5.41, 5.74) is 2.76. The van der Waals surface area contributed by atoms with Crippen LogP contribution in [0.2, 0.25) is 0 Å². The number of rotatable bonds is 4. The number of hydrogen-bond donors (Lipinski definition) is 1. The van der Waals surface area contributed by atoms with Gasteiger partial charge in [0, 0.05) is 13.6 Å². The molecule has 2 aromatic carbocycles. The van der Waals surface area contributed by atoms with E-state index >= 15 is 0 Å². The summed E-state index contributed by atoms with van der Waals surface area (Å²) in [5.74, 6) is 0.521. The van der Waals surface area contributed by atoms with Crippen LogP contribution in [0, 0.1) is 0 Å². The lowest BCUT2D eigenvalue weighted by Crippen LogP contribution is -2.45. The maximum Gasteiger partial charge on any atom is 0.247 e. The molecule has 0 aromatic heterocycles. The van der Waals surface area contributed by atoms with Crippen LogP contribution in [0.15, 0.2) is 48.5 Å². The largest absolute Gasteiger partial charge is 0.497 e. The van der Waals surface area contributed by atoms with E-state index in [1.807, 2.05) is 48.5 Å². The lowest BCUT2D eigenvalue weighted by Gasteiger charge is -2.33. The van der Waals surface area contributed by atoms with Crippen molar-refractivity contribution in [2.75, 3.05) is 14.2 Å². The van der Waals surface area contributed by atoms with Crippen LogP contribution in [0.4, 0.5) is 0 Å². The van der Waals surface area contributed by atoms with Crippen molar-refractivity contribution < 1.29 is 14.3 Å². The topological polar surface area (TPSA) is 58.6 Å². The lowest BCUT2D eigenvalue weighted by atomic mass is 9.92. The van der Waals surface area contributed by atoms with Crippen molar-refractivity contribution in [3.05, 3.63) is 65.2 Å². The van der Waals surface area contributed by atoms with Crippen LogP contribution in [0.3, 0.4) is 0 Å². The number of amides is 2. The molecule has 3 rings (SSSR count). The first kappa shape index (κ1) is 16.1. The molecule has 5 heteroatoms. The number of ether oxygens (including phenoxy) is 1. The van der Waals surface area contributed by atoms with Crippen molar-refractivity contribution in [2.24, 2.45) is 0 Å². The molecule has 5 nitrogen and oxygen atoms in total. The highest BCUT2D eigenvalue weighted by atomic mass is 16.5. The Morgan fingerprint density at radius 3 is 2.83 bits per heavy atom. The van der Waals surface area contributed by atoms with Gasteiger partial charge in [0.1, 0.15) is 11.8 Å². The Morgan fingerprint density at radius 2 is 2.04 bits per heavy atom. The van der Waals surface area contributed by atoms with E-state index in [4.69, 9.17) is 4.74 Å². The number of likely N-dealkylation sites (N-methyl/N-ethyl adjacent to an activating group) is 1. The SMILES string of the molecule is COc1cccc(CNC(=O)C2c3ccccc3CC(=O)N2C)c1. The third-order valence-corrected chi connectivity index (χ3v) is 4.32. The summed E-state index contributed by atoms with van der Waals surface area (Å²) in [5, 5.41) is 2.92. The van der Waals surface area contributed by atoms with Gasteiger partial charge in [0.25, 0.3) is 0 Å². The van der Waals surface area contributed by atoms with Crippen LogP contribution in [-0.2, 0) is 22.6 Å². The number of carbonyl (C=O) groups is 2. The molecule has 1 unspecified atom stereocenters. The highest BCUT2D eigenvalue weighted by Gasteiger charge is 2.34. The second kappa shape index (κ2) is 6.74. The van der Waals surface area contributed by atoms with Crippen molar-refractivity contribution >= 4 is 11.8 Å². The highest BCUT2D eigenvalue weighted by Crippen LogP contribution is 2.29. The monoisotopic (exact) mass is 324 g/mol. The lowest BCUT2D eigenvalue weighted by molar-refractivity contribution is -0.140. The molecule has 1 atom stereocenters. The van der Waals surface area contributed by atoms with E-state index in [1.54, 1.807) is 14.2 Å². The average molecular weight is 324 g/mol. The van der Waals surface area contributed by atoms with Gasteiger partial charge in [-0.25, -0.2) is 0 Å². The quantitative estimate of drug-likeness (QED) is 0.936. The Kier molecular flexibility index (Phi) is 4.51. The Hall–Kier alpha value is -2.82. The number of nitrogens with one attached hydrogen (secondary N) is 1. The maximum absolute atomic E-state index is 12.7. The molecule has 0 saturated carbocycles. The number of methoxy groups -OCH3 is 1. The molecule has 0 aliphatic carbocycles. The van der Waals surface area contributed by atoms with Crippen molar-refractivity contribution in [2.45, 2.75) is 19.0 Å². The van der Waals surface area contributed by atoms with Gasteiger partial charge in [0.2, 0.25) is 11.8 Å². The zero-order valence-corrected chi connectivity index (χ0v) is 13.8. The predicted octanol–water partition coefficient (Wildman–Crippen LogP) is 2.07. The second-order valence-electron chi connectivity index (χ2n) is 5.85. The molecule has 0 bridgehead atoms. The fourth-order valence-corrected chi connectivity index (χ4v) is 2.99. The van der Waals surface area contributed by atoms with Crippen molar-refractivity contribution in [1.29, 1.82) is 0 Å². The van der Waals surface area contributed by atoms with E-state index in [0.29, 0.717) is 13.0 Å². The van der Waals surface area contributed by atoms with Gasteiger partial charge < -0.3 is 15.0 Å². The molecule has 0 radical (unpaired) electrons. The standard InChI is InChI=1S/C19H20N2O3/c1-21-17(22)11-14-7-3-4-9-16(14)18(21)19(23)20-12-13-6-5-8-15(10-13)24-2/h3-10,18H,11-12H2,1-2H3,(H,20,23). The molecule has 0 spiro atoms. The van der Waals surface area contributed by atoms with Crippen molar-refractivity contribution in [3.8, 4) is 5.75 Å². The average Bonchev–Trinajstić information content (AvgIpc) is 2.61. The van der Waals surface area contributed by atoms with Crippen LogP contribution < -0.4 is 10.1 Å². The molecule has 1 aliphatic heterocycles. The minimum atomic E-state index is -0.590. The first-order chi connectivity index (χ1) is 11.6.